The topological polar surface area (TPSA) is 95.8 Å². The average Bonchev–Trinajstić information content (AvgIpc) is 3.27. The summed E-state index contributed by atoms with van der Waals surface area (Å²) in [6, 6.07) is 5.41. The van der Waals surface area contributed by atoms with Crippen molar-refractivity contribution in [1.29, 1.82) is 0 Å². The highest BCUT2D eigenvalue weighted by Crippen LogP contribution is 2.37. The van der Waals surface area contributed by atoms with Gasteiger partial charge < -0.3 is 20.1 Å². The fraction of sp³-hybridized carbons (Fsp3) is 0.200. The fourth-order valence-electron chi connectivity index (χ4n) is 2.71. The van der Waals surface area contributed by atoms with Crippen LogP contribution in [0.4, 0.5) is 16.6 Å². The summed E-state index contributed by atoms with van der Waals surface area (Å²) in [4.78, 5) is 19.2. The van der Waals surface area contributed by atoms with Crippen molar-refractivity contribution in [2.75, 3.05) is 32.6 Å². The summed E-state index contributed by atoms with van der Waals surface area (Å²) in [6.07, 6.45) is 6.64. The first-order chi connectivity index (χ1) is 14.5. The monoisotopic (exact) mass is 442 g/mol. The molecule has 2 aromatic heterocycles. The highest BCUT2D eigenvalue weighted by molar-refractivity contribution is 7.16. The van der Waals surface area contributed by atoms with Gasteiger partial charge in [0.25, 0.3) is 0 Å². The minimum Gasteiger partial charge on any atom is -0.492 e. The molecular weight excluding hydrogens is 424 g/mol. The summed E-state index contributed by atoms with van der Waals surface area (Å²) in [5, 5.41) is 14.4. The number of aromatic nitrogens is 3. The molecule has 4 rings (SSSR count). The van der Waals surface area contributed by atoms with Gasteiger partial charge in [-0.05, 0) is 32.3 Å². The molecule has 0 saturated carbocycles. The molecule has 0 saturated heterocycles. The van der Waals surface area contributed by atoms with E-state index in [0.29, 0.717) is 38.9 Å². The lowest BCUT2D eigenvalue weighted by Crippen LogP contribution is -2.19. The number of nitrogens with one attached hydrogen (secondary N) is 1. The first-order valence-corrected chi connectivity index (χ1v) is 10.3. The third kappa shape index (κ3) is 4.59. The van der Waals surface area contributed by atoms with Crippen LogP contribution in [0.2, 0.25) is 5.02 Å². The normalized spacial score (nSPS) is 13.8. The lowest BCUT2D eigenvalue weighted by atomic mass is 10.1. The minimum absolute atomic E-state index is 0.0755. The van der Waals surface area contributed by atoms with E-state index in [1.807, 2.05) is 31.1 Å². The first kappa shape index (κ1) is 20.3. The van der Waals surface area contributed by atoms with Crippen LogP contribution in [-0.4, -0.2) is 58.4 Å². The number of allylic oxidation sites excluding steroid dienone is 1. The number of hydrogen-bond acceptors (Lipinski definition) is 9. The number of rotatable bonds is 7. The first-order valence-electron chi connectivity index (χ1n) is 9.09. The molecule has 10 heteroatoms. The fourth-order valence-corrected chi connectivity index (χ4v) is 3.75. The van der Waals surface area contributed by atoms with E-state index in [-0.39, 0.29) is 5.88 Å². The lowest BCUT2D eigenvalue weighted by molar-refractivity contribution is 0.261. The van der Waals surface area contributed by atoms with Crippen molar-refractivity contribution in [3.63, 3.8) is 0 Å². The standard InChI is InChI=1S/C20H19ClN6O2S/c1-27(2)5-6-29-13-3-4-16(15(21)8-13)25-20-26-19(28)17(30-20)7-12-9-23-18-14(12)10-22-11-24-18/h3-4,7-11,28H,5-6H2,1-2H3,(H,25,26)/b12-7+. The van der Waals surface area contributed by atoms with Gasteiger partial charge in [0.05, 0.1) is 15.6 Å². The third-order valence-corrected chi connectivity index (χ3v) is 5.46. The molecule has 1 aliphatic rings. The van der Waals surface area contributed by atoms with Gasteiger partial charge in [-0.1, -0.05) is 22.9 Å². The highest BCUT2D eigenvalue weighted by Gasteiger charge is 2.16. The van der Waals surface area contributed by atoms with E-state index in [1.165, 1.54) is 17.7 Å². The second-order valence-electron chi connectivity index (χ2n) is 6.74. The van der Waals surface area contributed by atoms with Gasteiger partial charge >= 0.3 is 0 Å². The van der Waals surface area contributed by atoms with E-state index in [2.05, 4.69) is 25.3 Å². The van der Waals surface area contributed by atoms with Gasteiger partial charge in [0.15, 0.2) is 10.9 Å². The number of ether oxygens (including phenoxy) is 1. The molecule has 0 aliphatic carbocycles. The molecule has 0 bridgehead atoms. The smallest absolute Gasteiger partial charge is 0.231 e. The van der Waals surface area contributed by atoms with Gasteiger partial charge in [-0.15, -0.1) is 0 Å². The molecule has 0 spiro atoms. The molecule has 30 heavy (non-hydrogen) atoms. The molecule has 0 unspecified atom stereocenters. The van der Waals surface area contributed by atoms with Crippen molar-refractivity contribution in [3.8, 4) is 11.6 Å². The number of aliphatic imine (C=N–C) groups is 1. The average molecular weight is 443 g/mol. The predicted molar refractivity (Wildman–Crippen MR) is 121 cm³/mol. The summed E-state index contributed by atoms with van der Waals surface area (Å²) in [7, 11) is 3.98. The van der Waals surface area contributed by atoms with Gasteiger partial charge in [-0.3, -0.25) is 0 Å². The Balaban J connectivity index is 1.48. The van der Waals surface area contributed by atoms with E-state index in [0.717, 1.165) is 17.7 Å². The van der Waals surface area contributed by atoms with Crippen molar-refractivity contribution >= 4 is 57.4 Å². The molecule has 0 amide bonds. The quantitative estimate of drug-likeness (QED) is 0.565. The van der Waals surface area contributed by atoms with E-state index >= 15 is 0 Å². The number of likely N-dealkylation sites (N-methyl/N-ethyl adjacent to an activating group) is 1. The number of aromatic hydroxyl groups is 1. The molecule has 3 heterocycles. The van der Waals surface area contributed by atoms with Crippen LogP contribution in [0.5, 0.6) is 11.6 Å². The van der Waals surface area contributed by atoms with Crippen LogP contribution in [-0.2, 0) is 0 Å². The van der Waals surface area contributed by atoms with Gasteiger partial charge in [0.2, 0.25) is 5.88 Å². The molecule has 0 radical (unpaired) electrons. The number of benzene rings is 1. The number of anilines is 2. The number of nitrogens with zero attached hydrogens (tertiary/aromatic N) is 5. The number of hydrogen-bond donors (Lipinski definition) is 2. The Morgan fingerprint density at radius 2 is 2.20 bits per heavy atom. The Kier molecular flexibility index (Phi) is 5.93. The van der Waals surface area contributed by atoms with Crippen LogP contribution in [0.15, 0.2) is 35.7 Å². The number of halogens is 1. The summed E-state index contributed by atoms with van der Waals surface area (Å²) in [5.74, 6) is 1.23. The van der Waals surface area contributed by atoms with Crippen molar-refractivity contribution in [3.05, 3.63) is 46.2 Å². The maximum absolute atomic E-state index is 10.3. The highest BCUT2D eigenvalue weighted by atomic mass is 35.5. The molecule has 0 atom stereocenters. The Hall–Kier alpha value is -3.01. The Morgan fingerprint density at radius 1 is 1.33 bits per heavy atom. The number of fused-ring (bicyclic) bond motifs is 1. The largest absolute Gasteiger partial charge is 0.492 e. The Morgan fingerprint density at radius 3 is 3.00 bits per heavy atom. The van der Waals surface area contributed by atoms with Gasteiger partial charge in [0, 0.05) is 36.2 Å². The lowest BCUT2D eigenvalue weighted by Gasteiger charge is -2.12. The molecule has 3 aromatic rings. The van der Waals surface area contributed by atoms with Crippen LogP contribution in [0, 0.1) is 0 Å². The second kappa shape index (κ2) is 8.78. The molecule has 1 aromatic carbocycles. The summed E-state index contributed by atoms with van der Waals surface area (Å²) >= 11 is 7.68. The van der Waals surface area contributed by atoms with Crippen LogP contribution < -0.4 is 10.1 Å². The van der Waals surface area contributed by atoms with Crippen molar-refractivity contribution < 1.29 is 9.84 Å². The zero-order valence-electron chi connectivity index (χ0n) is 16.3. The Labute approximate surface area is 182 Å². The Bertz CT molecular complexity index is 1130. The van der Waals surface area contributed by atoms with Gasteiger partial charge in [-0.25, -0.2) is 15.0 Å². The molecule has 8 nitrogen and oxygen atoms in total. The minimum atomic E-state index is -0.0755. The van der Waals surface area contributed by atoms with Gasteiger partial charge in [0.1, 0.15) is 18.7 Å². The van der Waals surface area contributed by atoms with Crippen LogP contribution in [0.25, 0.3) is 11.6 Å². The second-order valence-corrected chi connectivity index (χ2v) is 8.18. The molecule has 1 aliphatic heterocycles. The van der Waals surface area contributed by atoms with Crippen molar-refractivity contribution in [2.24, 2.45) is 4.99 Å². The molecule has 154 valence electrons. The van der Waals surface area contributed by atoms with Crippen LogP contribution in [0.1, 0.15) is 10.4 Å². The van der Waals surface area contributed by atoms with E-state index in [4.69, 9.17) is 16.3 Å². The summed E-state index contributed by atoms with van der Waals surface area (Å²) in [6.45, 7) is 1.39. The third-order valence-electron chi connectivity index (χ3n) is 4.24. The number of thiazole rings is 1. The zero-order valence-corrected chi connectivity index (χ0v) is 17.9. The van der Waals surface area contributed by atoms with Crippen LogP contribution >= 0.6 is 22.9 Å². The molecule has 0 fully saturated rings. The molecule has 2 N–H and O–H groups in total. The zero-order chi connectivity index (χ0) is 21.1. The summed E-state index contributed by atoms with van der Waals surface area (Å²) in [5.41, 5.74) is 2.30. The van der Waals surface area contributed by atoms with E-state index in [1.54, 1.807) is 24.6 Å². The van der Waals surface area contributed by atoms with Gasteiger partial charge in [-0.2, -0.15) is 4.98 Å². The summed E-state index contributed by atoms with van der Waals surface area (Å²) < 4.78 is 5.69. The van der Waals surface area contributed by atoms with Crippen molar-refractivity contribution in [2.45, 2.75) is 0 Å². The molecular formula is C20H19ClN6O2S. The van der Waals surface area contributed by atoms with Crippen molar-refractivity contribution in [1.82, 2.24) is 19.9 Å². The maximum Gasteiger partial charge on any atom is 0.231 e. The SMILES string of the molecule is CN(C)CCOc1ccc(Nc2nc(O)c(/C=C3\C=Nc4ncncc43)s2)c(Cl)c1. The van der Waals surface area contributed by atoms with Crippen LogP contribution in [0.3, 0.4) is 0 Å². The van der Waals surface area contributed by atoms with E-state index < -0.39 is 0 Å². The maximum atomic E-state index is 10.3. The predicted octanol–water partition coefficient (Wildman–Crippen LogP) is 4.23. The van der Waals surface area contributed by atoms with E-state index in [9.17, 15) is 5.11 Å².